The first-order chi connectivity index (χ1) is 28.9. The van der Waals surface area contributed by atoms with Crippen LogP contribution in [0, 0.1) is 0 Å². The summed E-state index contributed by atoms with van der Waals surface area (Å²) in [6, 6.07) is 62.7. The molecule has 278 valence electrons. The number of alkyl halides is 3. The molecule has 1 spiro atoms. The van der Waals surface area contributed by atoms with Gasteiger partial charge in [-0.1, -0.05) is 115 Å². The first-order valence-electron chi connectivity index (χ1n) is 19.9. The quantitative estimate of drug-likeness (QED) is 0.161. The van der Waals surface area contributed by atoms with E-state index in [-0.39, 0.29) is 6.71 Å². The second-order valence-corrected chi connectivity index (χ2v) is 16.9. The summed E-state index contributed by atoms with van der Waals surface area (Å²) in [5.41, 5.74) is 17.4. The summed E-state index contributed by atoms with van der Waals surface area (Å²) < 4.78 is 43.8. The number of thiophene rings is 1. The molecule has 0 saturated heterocycles. The highest BCUT2D eigenvalue weighted by atomic mass is 32.1. The molecule has 2 aliphatic heterocycles. The molecule has 9 aromatic rings. The van der Waals surface area contributed by atoms with Gasteiger partial charge in [-0.05, 0) is 122 Å². The zero-order valence-electron chi connectivity index (χ0n) is 31.3. The molecule has 1 aromatic heterocycles. The lowest BCUT2D eigenvalue weighted by Crippen LogP contribution is -2.60. The summed E-state index contributed by atoms with van der Waals surface area (Å²) in [5.74, 6) is 0. The maximum Gasteiger partial charge on any atom is 0.416 e. The van der Waals surface area contributed by atoms with Crippen LogP contribution in [0.5, 0.6) is 0 Å². The predicted octanol–water partition coefficient (Wildman–Crippen LogP) is 12.3. The van der Waals surface area contributed by atoms with Gasteiger partial charge in [-0.15, -0.1) is 11.3 Å². The molecule has 0 radical (unpaired) electrons. The number of nitrogens with zero attached hydrogens (tertiary/aromatic N) is 2. The first-order valence-corrected chi connectivity index (χ1v) is 20.7. The normalized spacial score (nSPS) is 14.7. The lowest BCUT2D eigenvalue weighted by Gasteiger charge is -2.43. The van der Waals surface area contributed by atoms with Crippen molar-refractivity contribution in [3.8, 4) is 22.3 Å². The molecule has 0 bridgehead atoms. The molecule has 8 aromatic carbocycles. The highest BCUT2D eigenvalue weighted by Crippen LogP contribution is 2.64. The van der Waals surface area contributed by atoms with E-state index in [0.29, 0.717) is 5.69 Å². The lowest BCUT2D eigenvalue weighted by molar-refractivity contribution is -0.137. The maximum atomic E-state index is 13.8. The topological polar surface area (TPSA) is 6.48 Å². The Hall–Kier alpha value is -6.83. The van der Waals surface area contributed by atoms with Crippen LogP contribution >= 0.6 is 11.3 Å². The van der Waals surface area contributed by atoms with E-state index in [0.717, 1.165) is 33.7 Å². The molecule has 0 unspecified atom stereocenters. The summed E-state index contributed by atoms with van der Waals surface area (Å²) in [4.78, 5) is 4.57. The van der Waals surface area contributed by atoms with Crippen molar-refractivity contribution in [1.82, 2.24) is 0 Å². The van der Waals surface area contributed by atoms with Crippen LogP contribution in [0.25, 0.3) is 32.3 Å². The zero-order chi connectivity index (χ0) is 39.2. The number of hydrogen-bond donors (Lipinski definition) is 0. The summed E-state index contributed by atoms with van der Waals surface area (Å²) in [5, 5.41) is 1.21. The van der Waals surface area contributed by atoms with Gasteiger partial charge in [-0.2, -0.15) is 13.2 Å². The molecule has 4 aliphatic rings. The van der Waals surface area contributed by atoms with E-state index in [1.165, 1.54) is 77.2 Å². The third-order valence-electron chi connectivity index (χ3n) is 13.1. The van der Waals surface area contributed by atoms with E-state index >= 15 is 0 Å². The second-order valence-electron chi connectivity index (χ2n) is 15.8. The standard InChI is InChI=1S/C52H30BF3N2S/c54-52(55,56)31-25-27-33(28-26-31)57-44-22-11-10-21-43(44)53-48-45(57)23-12-24-46(48)58(32-13-2-1-3-14-32)49-38-29-42-37(30-47(38)59-50(49)53)36-17-6-9-20-41(36)51(42)39-18-7-4-15-34(39)35-16-5-8-19-40(35)51/h1-30H. The van der Waals surface area contributed by atoms with Gasteiger partial charge in [-0.25, -0.2) is 0 Å². The minimum absolute atomic E-state index is 0.0977. The van der Waals surface area contributed by atoms with Gasteiger partial charge in [0, 0.05) is 43.3 Å². The van der Waals surface area contributed by atoms with E-state index in [2.05, 4.69) is 161 Å². The zero-order valence-corrected chi connectivity index (χ0v) is 32.2. The Morgan fingerprint density at radius 1 is 0.475 bits per heavy atom. The molecule has 0 amide bonds. The highest BCUT2D eigenvalue weighted by molar-refractivity contribution is 7.33. The molecule has 3 heterocycles. The molecule has 0 saturated carbocycles. The van der Waals surface area contributed by atoms with Gasteiger partial charge >= 0.3 is 6.18 Å². The van der Waals surface area contributed by atoms with Gasteiger partial charge in [0.15, 0.2) is 0 Å². The average molecular weight is 783 g/mol. The predicted molar refractivity (Wildman–Crippen MR) is 237 cm³/mol. The van der Waals surface area contributed by atoms with Crippen molar-refractivity contribution in [1.29, 1.82) is 0 Å². The van der Waals surface area contributed by atoms with Crippen LogP contribution in [-0.2, 0) is 11.6 Å². The van der Waals surface area contributed by atoms with Crippen molar-refractivity contribution in [2.45, 2.75) is 11.6 Å². The first kappa shape index (κ1) is 33.2. The molecule has 2 aliphatic carbocycles. The molecule has 7 heteroatoms. The van der Waals surface area contributed by atoms with E-state index in [4.69, 9.17) is 0 Å². The molecular formula is C52H30BF3N2S. The van der Waals surface area contributed by atoms with Gasteiger partial charge in [0.1, 0.15) is 0 Å². The monoisotopic (exact) mass is 782 g/mol. The highest BCUT2D eigenvalue weighted by Gasteiger charge is 2.52. The van der Waals surface area contributed by atoms with Crippen LogP contribution in [0.3, 0.4) is 0 Å². The third-order valence-corrected chi connectivity index (χ3v) is 14.3. The van der Waals surface area contributed by atoms with Crippen molar-refractivity contribution >= 4 is 78.0 Å². The van der Waals surface area contributed by atoms with Crippen molar-refractivity contribution < 1.29 is 13.2 Å². The van der Waals surface area contributed by atoms with Crippen LogP contribution < -0.4 is 25.5 Å². The molecule has 13 rings (SSSR count). The summed E-state index contributed by atoms with van der Waals surface area (Å²) in [6.45, 7) is -0.0977. The van der Waals surface area contributed by atoms with Gasteiger partial charge < -0.3 is 9.80 Å². The maximum absolute atomic E-state index is 13.8. The number of fused-ring (bicyclic) bond motifs is 16. The fourth-order valence-corrected chi connectivity index (χ4v) is 12.2. The minimum atomic E-state index is -4.42. The molecule has 0 N–H and O–H groups in total. The minimum Gasteiger partial charge on any atom is -0.311 e. The largest absolute Gasteiger partial charge is 0.416 e. The van der Waals surface area contributed by atoms with Crippen LogP contribution in [0.15, 0.2) is 182 Å². The number of halogens is 3. The second kappa shape index (κ2) is 11.6. The van der Waals surface area contributed by atoms with Crippen LogP contribution in [0.4, 0.5) is 47.3 Å². The third kappa shape index (κ3) is 4.22. The van der Waals surface area contributed by atoms with Crippen molar-refractivity contribution in [2.75, 3.05) is 9.80 Å². The average Bonchev–Trinajstić information content (AvgIpc) is 3.89. The Labute approximate surface area is 343 Å². The number of anilines is 6. The molecule has 0 fully saturated rings. The Balaban J connectivity index is 1.11. The van der Waals surface area contributed by atoms with Gasteiger partial charge in [0.05, 0.1) is 16.7 Å². The summed E-state index contributed by atoms with van der Waals surface area (Å²) in [6.07, 6.45) is -4.42. The molecule has 0 atom stereocenters. The van der Waals surface area contributed by atoms with Crippen LogP contribution in [-0.4, -0.2) is 6.71 Å². The number of para-hydroxylation sites is 2. The van der Waals surface area contributed by atoms with Gasteiger partial charge in [-0.3, -0.25) is 0 Å². The van der Waals surface area contributed by atoms with Gasteiger partial charge in [0.25, 0.3) is 6.71 Å². The Bertz CT molecular complexity index is 3200. The molecular weight excluding hydrogens is 752 g/mol. The number of benzene rings is 8. The smallest absolute Gasteiger partial charge is 0.311 e. The van der Waals surface area contributed by atoms with Crippen molar-refractivity contribution in [3.63, 3.8) is 0 Å². The van der Waals surface area contributed by atoms with E-state index < -0.39 is 17.2 Å². The van der Waals surface area contributed by atoms with Crippen molar-refractivity contribution in [2.24, 2.45) is 0 Å². The lowest BCUT2D eigenvalue weighted by atomic mass is 9.36. The van der Waals surface area contributed by atoms with Gasteiger partial charge in [0.2, 0.25) is 0 Å². The Morgan fingerprint density at radius 3 is 1.68 bits per heavy atom. The molecule has 2 nitrogen and oxygen atoms in total. The fraction of sp³-hybridized carbons (Fsp3) is 0.0385. The van der Waals surface area contributed by atoms with Crippen LogP contribution in [0.2, 0.25) is 0 Å². The van der Waals surface area contributed by atoms with Crippen molar-refractivity contribution in [3.05, 3.63) is 210 Å². The summed E-state index contributed by atoms with van der Waals surface area (Å²) in [7, 11) is 0. The fourth-order valence-electron chi connectivity index (χ4n) is 10.9. The number of rotatable bonds is 2. The number of hydrogen-bond acceptors (Lipinski definition) is 3. The van der Waals surface area contributed by atoms with Crippen LogP contribution in [0.1, 0.15) is 27.8 Å². The Morgan fingerprint density at radius 2 is 1.02 bits per heavy atom. The Kier molecular flexibility index (Phi) is 6.55. The van der Waals surface area contributed by atoms with E-state index in [9.17, 15) is 13.2 Å². The SMILES string of the molecule is FC(F)(F)c1ccc(N2c3ccccc3B3c4sc5cc6c(cc5c4N(c4ccccc4)c4cccc2c43)C2(c3ccccc3-c3ccccc32)c2ccccc2-6)cc1. The van der Waals surface area contributed by atoms with E-state index in [1.54, 1.807) is 12.1 Å². The molecule has 59 heavy (non-hydrogen) atoms. The summed E-state index contributed by atoms with van der Waals surface area (Å²) >= 11 is 1.86. The van der Waals surface area contributed by atoms with E-state index in [1.807, 2.05) is 17.4 Å².